The molecule has 0 spiro atoms. The molecule has 21 heteroatoms. The minimum atomic E-state index is -1.64. The summed E-state index contributed by atoms with van der Waals surface area (Å²) < 4.78 is 35.6. The SMILES string of the molecule is CCC(CC)C(=O)OC(C)(C)CCCCC(=O)C[C@H](C(=O)N[C@@H](CCCNC(N)=O)C(=O)Cc1ccc(NC(=O)O[C@H]2CC(=O)N(C)c3cc(cc(OC)c3Cl)C/C(C)=C/C=C/[C@@H](OC)[C@]3(O)CC(=O)O[C@@H](C3)[C@@H](C)[C@@H]3O[C@@]23C)c(C)c1)C(C)C. The Morgan fingerprint density at radius 2 is 1.72 bits per heavy atom. The fourth-order valence-corrected chi connectivity index (χ4v) is 11.7. The van der Waals surface area contributed by atoms with Crippen molar-refractivity contribution in [1.29, 1.82) is 0 Å². The molecule has 470 valence electrons. The van der Waals surface area contributed by atoms with E-state index < -0.39 is 89.0 Å². The van der Waals surface area contributed by atoms with E-state index in [1.165, 1.54) is 19.1 Å². The number of fused-ring (bicyclic) bond motifs is 5. The number of aryl methyl sites for hydroxylation is 1. The molecule has 3 aliphatic rings. The Morgan fingerprint density at radius 3 is 2.35 bits per heavy atom. The smallest absolute Gasteiger partial charge is 0.412 e. The number of halogens is 1. The van der Waals surface area contributed by atoms with Crippen molar-refractivity contribution in [3.63, 3.8) is 0 Å². The van der Waals surface area contributed by atoms with Crippen LogP contribution in [0.5, 0.6) is 5.75 Å². The number of urea groups is 1. The van der Waals surface area contributed by atoms with Gasteiger partial charge in [-0.3, -0.25) is 34.1 Å². The van der Waals surface area contributed by atoms with Gasteiger partial charge in [-0.1, -0.05) is 82.2 Å². The van der Waals surface area contributed by atoms with Gasteiger partial charge in [-0.15, -0.1) is 0 Å². The quantitative estimate of drug-likeness (QED) is 0.0268. The summed E-state index contributed by atoms with van der Waals surface area (Å²) in [4.78, 5) is 109. The second-order valence-electron chi connectivity index (χ2n) is 24.4. The Morgan fingerprint density at radius 1 is 1.01 bits per heavy atom. The highest BCUT2D eigenvalue weighted by molar-refractivity contribution is 6.35. The summed E-state index contributed by atoms with van der Waals surface area (Å²) in [5, 5.41) is 20.4. The monoisotopic (exact) mass is 1210 g/mol. The number of benzene rings is 2. The predicted octanol–water partition coefficient (Wildman–Crippen LogP) is 9.53. The van der Waals surface area contributed by atoms with E-state index in [0.717, 1.165) is 11.1 Å². The number of esters is 2. The number of carbonyl (C=O) groups excluding carboxylic acids is 8. The van der Waals surface area contributed by atoms with Gasteiger partial charge in [0.1, 0.15) is 51.7 Å². The summed E-state index contributed by atoms with van der Waals surface area (Å²) in [7, 11) is 4.49. The van der Waals surface area contributed by atoms with Crippen LogP contribution in [-0.2, 0) is 65.3 Å². The fourth-order valence-electron chi connectivity index (χ4n) is 11.4. The molecule has 2 fully saturated rings. The lowest BCUT2D eigenvalue weighted by Gasteiger charge is -2.41. The minimum absolute atomic E-state index is 0.00707. The van der Waals surface area contributed by atoms with E-state index in [-0.39, 0.29) is 85.9 Å². The zero-order valence-electron chi connectivity index (χ0n) is 52.0. The van der Waals surface area contributed by atoms with Crippen LogP contribution in [0.1, 0.15) is 156 Å². The molecule has 2 saturated heterocycles. The Bertz CT molecular complexity index is 2800. The first-order valence-electron chi connectivity index (χ1n) is 29.8. The minimum Gasteiger partial charge on any atom is -0.495 e. The van der Waals surface area contributed by atoms with Gasteiger partial charge in [0.15, 0.2) is 5.78 Å². The van der Waals surface area contributed by atoms with Crippen molar-refractivity contribution in [3.8, 4) is 5.75 Å². The van der Waals surface area contributed by atoms with Gasteiger partial charge < -0.3 is 54.8 Å². The molecule has 2 aromatic rings. The zero-order valence-corrected chi connectivity index (χ0v) is 52.7. The average Bonchev–Trinajstić information content (AvgIpc) is 1.65. The molecule has 9 atom stereocenters. The van der Waals surface area contributed by atoms with Gasteiger partial charge in [0.2, 0.25) is 11.8 Å². The molecule has 0 saturated carbocycles. The number of unbranched alkanes of at least 4 members (excludes halogenated alkanes) is 1. The van der Waals surface area contributed by atoms with Crippen LogP contribution >= 0.6 is 11.6 Å². The first kappa shape index (κ1) is 69.4. The van der Waals surface area contributed by atoms with Crippen LogP contribution in [0.2, 0.25) is 5.02 Å². The molecule has 85 heavy (non-hydrogen) atoms. The first-order chi connectivity index (χ1) is 40.0. The van der Waals surface area contributed by atoms with Gasteiger partial charge in [0.25, 0.3) is 0 Å². The molecule has 6 N–H and O–H groups in total. The normalized spacial score (nSPS) is 24.4. The number of hydrogen-bond donors (Lipinski definition) is 5. The number of allylic oxidation sites excluding steroid dienone is 3. The predicted molar refractivity (Wildman–Crippen MR) is 323 cm³/mol. The van der Waals surface area contributed by atoms with Crippen molar-refractivity contribution in [1.82, 2.24) is 10.6 Å². The van der Waals surface area contributed by atoms with E-state index >= 15 is 0 Å². The summed E-state index contributed by atoms with van der Waals surface area (Å²) in [5.74, 6) is -3.53. The number of anilines is 2. The number of rotatable bonds is 25. The second-order valence-corrected chi connectivity index (χ2v) is 24.8. The topological polar surface area (TPSA) is 281 Å². The molecule has 5 amide bonds. The number of epoxide rings is 1. The van der Waals surface area contributed by atoms with Crippen LogP contribution in [0.15, 0.2) is 54.1 Å². The third kappa shape index (κ3) is 19.3. The number of carbonyl (C=O) groups is 8. The van der Waals surface area contributed by atoms with Crippen molar-refractivity contribution < 1.29 is 71.9 Å². The summed E-state index contributed by atoms with van der Waals surface area (Å²) in [6.45, 7) is 18.7. The van der Waals surface area contributed by atoms with Crippen molar-refractivity contribution in [2.45, 2.75) is 206 Å². The summed E-state index contributed by atoms with van der Waals surface area (Å²) >= 11 is 6.86. The molecule has 3 heterocycles. The number of aliphatic hydroxyl groups is 1. The number of nitrogens with zero attached hydrogens (tertiary/aromatic N) is 1. The lowest BCUT2D eigenvalue weighted by molar-refractivity contribution is -0.187. The molecule has 2 aromatic carbocycles. The van der Waals surface area contributed by atoms with E-state index in [4.69, 9.17) is 45.8 Å². The number of methoxy groups -OCH3 is 2. The molecule has 20 nitrogen and oxygen atoms in total. The van der Waals surface area contributed by atoms with E-state index in [9.17, 15) is 43.5 Å². The van der Waals surface area contributed by atoms with Crippen molar-refractivity contribution in [3.05, 3.63) is 75.8 Å². The molecule has 4 bridgehead atoms. The van der Waals surface area contributed by atoms with Gasteiger partial charge in [0.05, 0.1) is 43.7 Å². The molecule has 0 unspecified atom stereocenters. The molecule has 0 radical (unpaired) electrons. The summed E-state index contributed by atoms with van der Waals surface area (Å²) in [5.41, 5.74) is 5.18. The lowest BCUT2D eigenvalue weighted by atomic mass is 9.78. The highest BCUT2D eigenvalue weighted by Crippen LogP contribution is 2.50. The van der Waals surface area contributed by atoms with Crippen LogP contribution in [0.3, 0.4) is 0 Å². The van der Waals surface area contributed by atoms with E-state index in [0.29, 0.717) is 73.2 Å². The van der Waals surface area contributed by atoms with Gasteiger partial charge in [-0.05, 0) is 127 Å². The number of hydrogen-bond acceptors (Lipinski definition) is 15. The van der Waals surface area contributed by atoms with E-state index in [1.54, 1.807) is 70.3 Å². The van der Waals surface area contributed by atoms with Crippen molar-refractivity contribution >= 4 is 70.4 Å². The number of ketones is 2. The molecule has 0 aromatic heterocycles. The Hall–Kier alpha value is -6.35. The van der Waals surface area contributed by atoms with Crippen molar-refractivity contribution in [2.24, 2.45) is 29.4 Å². The Labute approximate surface area is 506 Å². The molecular formula is C64H92ClN5O15. The summed E-state index contributed by atoms with van der Waals surface area (Å²) in [6, 6.07) is 6.83. The van der Waals surface area contributed by atoms with E-state index in [2.05, 4.69) is 16.0 Å². The van der Waals surface area contributed by atoms with Crippen LogP contribution < -0.4 is 31.3 Å². The fraction of sp³-hybridized carbons (Fsp3) is 0.625. The number of ether oxygens (including phenoxy) is 6. The molecule has 0 aliphatic carbocycles. The van der Waals surface area contributed by atoms with Crippen LogP contribution in [-0.4, -0.2) is 128 Å². The number of nitrogens with two attached hydrogens (primary N) is 1. The maximum Gasteiger partial charge on any atom is 0.412 e. The molecule has 5 rings (SSSR count). The highest BCUT2D eigenvalue weighted by atomic mass is 35.5. The second kappa shape index (κ2) is 30.8. The Kier molecular flexibility index (Phi) is 25.2. The average molecular weight is 1210 g/mol. The van der Waals surface area contributed by atoms with Crippen LogP contribution in [0.4, 0.5) is 21.0 Å². The highest BCUT2D eigenvalue weighted by Gasteiger charge is 2.64. The van der Waals surface area contributed by atoms with Gasteiger partial charge in [-0.2, -0.15) is 0 Å². The number of Topliss-reactive ketones (excluding diaryl/α,β-unsaturated/α-hetero) is 2. The number of amides is 5. The van der Waals surface area contributed by atoms with Gasteiger partial charge >= 0.3 is 24.1 Å². The lowest BCUT2D eigenvalue weighted by Crippen LogP contribution is -2.53. The summed E-state index contributed by atoms with van der Waals surface area (Å²) in [6.07, 6.45) is 4.23. The standard InChI is InChI=1S/C64H92ClN5O15/c1-14-43(15-2)59(76)85-62(8,9)26-17-16-21-44(71)33-45(37(3)4)58(75)68-47(22-19-27-67-60(66)77)49(72)31-41-24-25-46(39(6)29-41)69-61(78)83-53-34-54(73)70(11)48-30-42(32-50(80-12)56(48)65)28-38(5)20-18-23-52(81-13)64(79)35-51(82-55(74)36-64)40(7)57-63(53,10)84-57/h18,20,23-25,29-30,32,37,40,43,45,47,51-53,57,79H,14-17,19,21-22,26-28,31,33-36H2,1-13H3,(H,68,75)(H,69,78)(H3,66,67,77)/b23-18+,38-20+/t40-,45+,47+,51+,52-,53+,57+,63+,64-/m1/s1. The van der Waals surface area contributed by atoms with Crippen LogP contribution in [0.25, 0.3) is 0 Å². The number of nitrogens with one attached hydrogen (secondary N) is 3. The van der Waals surface area contributed by atoms with Crippen molar-refractivity contribution in [2.75, 3.05) is 38.0 Å². The van der Waals surface area contributed by atoms with Crippen LogP contribution in [0, 0.1) is 30.6 Å². The Balaban J connectivity index is 1.32. The third-order valence-electron chi connectivity index (χ3n) is 16.8. The third-order valence-corrected chi connectivity index (χ3v) is 17.2. The molecular weight excluding hydrogens is 1110 g/mol. The number of primary amides is 1. The maximum atomic E-state index is 14.5. The molecule has 3 aliphatic heterocycles. The van der Waals surface area contributed by atoms with Gasteiger partial charge in [-0.25, -0.2) is 9.59 Å². The van der Waals surface area contributed by atoms with E-state index in [1.807, 2.05) is 54.5 Å². The van der Waals surface area contributed by atoms with Gasteiger partial charge in [0, 0.05) is 63.9 Å². The first-order valence-corrected chi connectivity index (χ1v) is 30.1. The maximum absolute atomic E-state index is 14.5. The zero-order chi connectivity index (χ0) is 63.1. The largest absolute Gasteiger partial charge is 0.495 e.